The predicted octanol–water partition coefficient (Wildman–Crippen LogP) is 0.431. The number of aromatic nitrogens is 2. The van der Waals surface area contributed by atoms with Crippen LogP contribution in [0.4, 0.5) is 0 Å². The fourth-order valence-corrected chi connectivity index (χ4v) is 1.72. The van der Waals surface area contributed by atoms with Crippen molar-refractivity contribution in [3.8, 4) is 5.75 Å². The molecule has 0 unspecified atom stereocenters. The molecule has 0 atom stereocenters. The summed E-state index contributed by atoms with van der Waals surface area (Å²) in [5.41, 5.74) is 6.70. The molecule has 1 heterocycles. The molecular formula is C12H15N3O2. The minimum absolute atomic E-state index is 0.0845. The summed E-state index contributed by atoms with van der Waals surface area (Å²) in [5.74, 6) is 0.189. The maximum Gasteiger partial charge on any atom is 0.270 e. The van der Waals surface area contributed by atoms with Crippen LogP contribution in [0.2, 0.25) is 0 Å². The number of hydrogen-bond acceptors (Lipinski definition) is 3. The van der Waals surface area contributed by atoms with E-state index in [9.17, 15) is 9.90 Å². The van der Waals surface area contributed by atoms with Gasteiger partial charge in [-0.3, -0.25) is 4.79 Å². The van der Waals surface area contributed by atoms with Crippen molar-refractivity contribution in [1.29, 1.82) is 0 Å². The van der Waals surface area contributed by atoms with E-state index in [1.807, 2.05) is 6.07 Å². The maximum absolute atomic E-state index is 11.9. The number of para-hydroxylation sites is 1. The number of hydrogen-bond donors (Lipinski definition) is 3. The van der Waals surface area contributed by atoms with Gasteiger partial charge < -0.3 is 15.9 Å². The first-order chi connectivity index (χ1) is 8.22. The number of nitrogens with two attached hydrogens (primary N) is 1. The van der Waals surface area contributed by atoms with E-state index in [0.717, 1.165) is 0 Å². The molecule has 5 heteroatoms. The zero-order valence-corrected chi connectivity index (χ0v) is 9.39. The number of nitrogens with zero attached hydrogens (tertiary/aromatic N) is 1. The van der Waals surface area contributed by atoms with Crippen LogP contribution in [0.15, 0.2) is 35.3 Å². The lowest BCUT2D eigenvalue weighted by Gasteiger charge is -2.04. The predicted molar refractivity (Wildman–Crippen MR) is 65.0 cm³/mol. The highest BCUT2D eigenvalue weighted by molar-refractivity contribution is 5.31. The number of aromatic amines is 1. The molecule has 0 aliphatic heterocycles. The Bertz CT molecular complexity index is 557. The number of phenolic OH excluding ortho intramolecular Hbond substituents is 1. The molecule has 2 rings (SSSR count). The van der Waals surface area contributed by atoms with Gasteiger partial charge in [-0.15, -0.1) is 0 Å². The molecule has 0 radical (unpaired) electrons. The van der Waals surface area contributed by atoms with Crippen molar-refractivity contribution in [3.63, 3.8) is 0 Å². The van der Waals surface area contributed by atoms with Crippen LogP contribution in [0.5, 0.6) is 5.75 Å². The van der Waals surface area contributed by atoms with Crippen molar-refractivity contribution in [2.45, 2.75) is 13.0 Å². The number of phenols is 1. The topological polar surface area (TPSA) is 84.0 Å². The van der Waals surface area contributed by atoms with E-state index in [4.69, 9.17) is 5.73 Å². The van der Waals surface area contributed by atoms with Crippen LogP contribution >= 0.6 is 0 Å². The van der Waals surface area contributed by atoms with Gasteiger partial charge in [0.15, 0.2) is 0 Å². The first-order valence-corrected chi connectivity index (χ1v) is 5.46. The fourth-order valence-electron chi connectivity index (χ4n) is 1.72. The van der Waals surface area contributed by atoms with Crippen LogP contribution in [0.25, 0.3) is 0 Å². The molecule has 0 spiro atoms. The average Bonchev–Trinajstić information content (AvgIpc) is 2.65. The van der Waals surface area contributed by atoms with Gasteiger partial charge in [-0.1, -0.05) is 18.2 Å². The largest absolute Gasteiger partial charge is 0.508 e. The van der Waals surface area contributed by atoms with Crippen LogP contribution in [0, 0.1) is 0 Å². The molecule has 17 heavy (non-hydrogen) atoms. The van der Waals surface area contributed by atoms with Gasteiger partial charge in [-0.05, 0) is 19.0 Å². The third-order valence-electron chi connectivity index (χ3n) is 2.65. The summed E-state index contributed by atoms with van der Waals surface area (Å²) in [6.45, 7) is 0.778. The van der Waals surface area contributed by atoms with Gasteiger partial charge in [0, 0.05) is 17.3 Å². The Morgan fingerprint density at radius 3 is 2.76 bits per heavy atom. The Morgan fingerprint density at radius 2 is 2.06 bits per heavy atom. The van der Waals surface area contributed by atoms with Gasteiger partial charge in [0.1, 0.15) is 5.75 Å². The highest BCUT2D eigenvalue weighted by Gasteiger charge is 2.07. The number of benzene rings is 1. The zero-order valence-electron chi connectivity index (χ0n) is 9.39. The SMILES string of the molecule is NCCc1c[nH]n(Cc2ccccc2O)c1=O. The smallest absolute Gasteiger partial charge is 0.270 e. The third kappa shape index (κ3) is 2.39. The Labute approximate surface area is 98.5 Å². The van der Waals surface area contributed by atoms with Crippen molar-refractivity contribution in [2.24, 2.45) is 5.73 Å². The summed E-state index contributed by atoms with van der Waals surface area (Å²) in [6, 6.07) is 6.95. The number of H-pyrrole nitrogens is 1. The lowest BCUT2D eigenvalue weighted by atomic mass is 10.2. The fraction of sp³-hybridized carbons (Fsp3) is 0.250. The van der Waals surface area contributed by atoms with Gasteiger partial charge in [-0.2, -0.15) is 0 Å². The molecule has 0 fully saturated rings. The second-order valence-electron chi connectivity index (χ2n) is 3.86. The first-order valence-electron chi connectivity index (χ1n) is 5.46. The molecule has 1 aromatic carbocycles. The molecule has 1 aromatic heterocycles. The normalized spacial score (nSPS) is 10.6. The van der Waals surface area contributed by atoms with Gasteiger partial charge in [0.05, 0.1) is 6.54 Å². The van der Waals surface area contributed by atoms with Crippen LogP contribution in [-0.4, -0.2) is 21.4 Å². The van der Waals surface area contributed by atoms with Gasteiger partial charge in [-0.25, -0.2) is 4.68 Å². The number of nitrogens with one attached hydrogen (secondary N) is 1. The van der Waals surface area contributed by atoms with Gasteiger partial charge in [0.2, 0.25) is 0 Å². The number of rotatable bonds is 4. The molecule has 0 saturated heterocycles. The maximum atomic E-state index is 11.9. The molecule has 0 bridgehead atoms. The highest BCUT2D eigenvalue weighted by Crippen LogP contribution is 2.15. The average molecular weight is 233 g/mol. The lowest BCUT2D eigenvalue weighted by molar-refractivity contribution is 0.463. The molecule has 0 aliphatic rings. The van der Waals surface area contributed by atoms with E-state index in [1.165, 1.54) is 4.68 Å². The van der Waals surface area contributed by atoms with Crippen molar-refractivity contribution in [2.75, 3.05) is 6.54 Å². The summed E-state index contributed by atoms with van der Waals surface area (Å²) in [4.78, 5) is 11.9. The Hall–Kier alpha value is -2.01. The molecule has 0 aliphatic carbocycles. The minimum atomic E-state index is -0.0845. The molecule has 4 N–H and O–H groups in total. The molecule has 5 nitrogen and oxygen atoms in total. The summed E-state index contributed by atoms with van der Waals surface area (Å²) in [7, 11) is 0. The van der Waals surface area contributed by atoms with Gasteiger partial charge >= 0.3 is 0 Å². The standard InChI is InChI=1S/C12H15N3O2/c13-6-5-9-7-14-15(12(9)17)8-10-3-1-2-4-11(10)16/h1-4,7,14,16H,5-6,8,13H2. The van der Waals surface area contributed by atoms with Gasteiger partial charge in [0.25, 0.3) is 5.56 Å². The molecule has 0 amide bonds. The zero-order chi connectivity index (χ0) is 12.3. The van der Waals surface area contributed by atoms with E-state index in [2.05, 4.69) is 5.10 Å². The quantitative estimate of drug-likeness (QED) is 0.716. The lowest BCUT2D eigenvalue weighted by Crippen LogP contribution is -2.21. The Balaban J connectivity index is 2.25. The van der Waals surface area contributed by atoms with Crippen molar-refractivity contribution >= 4 is 0 Å². The van der Waals surface area contributed by atoms with Crippen molar-refractivity contribution in [1.82, 2.24) is 9.78 Å². The second-order valence-corrected chi connectivity index (χ2v) is 3.86. The minimum Gasteiger partial charge on any atom is -0.508 e. The molecule has 90 valence electrons. The summed E-state index contributed by atoms with van der Waals surface area (Å²) in [6.07, 6.45) is 2.22. The van der Waals surface area contributed by atoms with Crippen LogP contribution in [0.1, 0.15) is 11.1 Å². The molecule has 0 saturated carbocycles. The van der Waals surface area contributed by atoms with E-state index in [-0.39, 0.29) is 11.3 Å². The molecule has 2 aromatic rings. The number of aromatic hydroxyl groups is 1. The van der Waals surface area contributed by atoms with E-state index >= 15 is 0 Å². The summed E-state index contributed by atoms with van der Waals surface area (Å²) in [5, 5.41) is 12.5. The second kappa shape index (κ2) is 4.88. The summed E-state index contributed by atoms with van der Waals surface area (Å²) < 4.78 is 1.46. The highest BCUT2D eigenvalue weighted by atomic mass is 16.3. The Kier molecular flexibility index (Phi) is 3.30. The van der Waals surface area contributed by atoms with E-state index in [1.54, 1.807) is 24.4 Å². The van der Waals surface area contributed by atoms with Crippen molar-refractivity contribution in [3.05, 3.63) is 51.9 Å². The Morgan fingerprint density at radius 1 is 1.29 bits per heavy atom. The van der Waals surface area contributed by atoms with Crippen LogP contribution in [-0.2, 0) is 13.0 Å². The third-order valence-corrected chi connectivity index (χ3v) is 2.65. The monoisotopic (exact) mass is 233 g/mol. The van der Waals surface area contributed by atoms with Crippen LogP contribution < -0.4 is 11.3 Å². The summed E-state index contributed by atoms with van der Waals surface area (Å²) >= 11 is 0. The van der Waals surface area contributed by atoms with E-state index in [0.29, 0.717) is 30.6 Å². The first kappa shape index (κ1) is 11.5. The van der Waals surface area contributed by atoms with Crippen LogP contribution in [0.3, 0.4) is 0 Å². The van der Waals surface area contributed by atoms with E-state index < -0.39 is 0 Å². The molecular weight excluding hydrogens is 218 g/mol. The van der Waals surface area contributed by atoms with Crippen molar-refractivity contribution < 1.29 is 5.11 Å².